The molecule has 0 atom stereocenters. The second-order valence-corrected chi connectivity index (χ2v) is 7.84. The van der Waals surface area contributed by atoms with Gasteiger partial charge < -0.3 is 9.42 Å². The highest BCUT2D eigenvalue weighted by Gasteiger charge is 2.38. The van der Waals surface area contributed by atoms with E-state index in [1.54, 1.807) is 6.92 Å². The van der Waals surface area contributed by atoms with Gasteiger partial charge in [0.15, 0.2) is 0 Å². The number of fused-ring (bicyclic) bond motifs is 1. The van der Waals surface area contributed by atoms with Crippen molar-refractivity contribution >= 4 is 17.0 Å². The smallest absolute Gasteiger partial charge is 0.342 e. The van der Waals surface area contributed by atoms with Gasteiger partial charge in [-0.3, -0.25) is 4.79 Å². The maximum Gasteiger partial charge on any atom is 0.417 e. The van der Waals surface area contributed by atoms with Crippen LogP contribution in [-0.2, 0) is 17.4 Å². The lowest BCUT2D eigenvalue weighted by Gasteiger charge is -2.33. The van der Waals surface area contributed by atoms with Crippen LogP contribution in [0, 0.1) is 5.92 Å². The van der Waals surface area contributed by atoms with E-state index in [-0.39, 0.29) is 28.8 Å². The maximum atomic E-state index is 13.6. The van der Waals surface area contributed by atoms with Crippen LogP contribution in [0.5, 0.6) is 0 Å². The molecular formula is C20H24F3N3O2. The van der Waals surface area contributed by atoms with Crippen LogP contribution in [0.2, 0.25) is 0 Å². The fraction of sp³-hybridized carbons (Fsp3) is 0.650. The molecule has 1 aliphatic carbocycles. The van der Waals surface area contributed by atoms with E-state index in [2.05, 4.69) is 10.1 Å². The zero-order valence-electron chi connectivity index (χ0n) is 15.9. The van der Waals surface area contributed by atoms with Gasteiger partial charge in [0.1, 0.15) is 0 Å². The third kappa shape index (κ3) is 3.49. The maximum absolute atomic E-state index is 13.6. The second-order valence-electron chi connectivity index (χ2n) is 7.84. The lowest BCUT2D eigenvalue weighted by molar-refractivity contribution is -0.137. The average Bonchev–Trinajstić information content (AvgIpc) is 3.36. The number of pyridine rings is 1. The first-order valence-electron chi connectivity index (χ1n) is 10.0. The fourth-order valence-electron chi connectivity index (χ4n) is 4.51. The summed E-state index contributed by atoms with van der Waals surface area (Å²) in [5.74, 6) is 0.161. The Hall–Kier alpha value is -2.12. The monoisotopic (exact) mass is 395 g/mol. The summed E-state index contributed by atoms with van der Waals surface area (Å²) in [4.78, 5) is 18.6. The fourth-order valence-corrected chi connectivity index (χ4v) is 4.51. The van der Waals surface area contributed by atoms with Crippen molar-refractivity contribution in [1.82, 2.24) is 15.0 Å². The van der Waals surface area contributed by atoms with Gasteiger partial charge >= 0.3 is 6.18 Å². The molecule has 0 unspecified atom stereocenters. The Morgan fingerprint density at radius 3 is 2.50 bits per heavy atom. The van der Waals surface area contributed by atoms with Gasteiger partial charge in [-0.25, -0.2) is 4.98 Å². The lowest BCUT2D eigenvalue weighted by atomic mass is 9.90. The van der Waals surface area contributed by atoms with E-state index in [4.69, 9.17) is 4.52 Å². The van der Waals surface area contributed by atoms with E-state index in [1.165, 1.54) is 0 Å². The van der Waals surface area contributed by atoms with Crippen LogP contribution in [0.15, 0.2) is 10.6 Å². The number of alkyl halides is 3. The van der Waals surface area contributed by atoms with Crippen LogP contribution in [0.3, 0.4) is 0 Å². The predicted octanol–water partition coefficient (Wildman–Crippen LogP) is 4.70. The first kappa shape index (κ1) is 19.2. The zero-order chi connectivity index (χ0) is 19.9. The van der Waals surface area contributed by atoms with Gasteiger partial charge in [0.2, 0.25) is 5.91 Å². The number of likely N-dealkylation sites (tertiary alicyclic amines) is 1. The minimum Gasteiger partial charge on any atom is -0.342 e. The van der Waals surface area contributed by atoms with Gasteiger partial charge in [0, 0.05) is 30.6 Å². The predicted molar refractivity (Wildman–Crippen MR) is 96.7 cm³/mol. The summed E-state index contributed by atoms with van der Waals surface area (Å²) in [6, 6.07) is 1.10. The molecule has 2 aromatic heterocycles. The molecule has 28 heavy (non-hydrogen) atoms. The van der Waals surface area contributed by atoms with Crippen molar-refractivity contribution in [2.24, 2.45) is 5.92 Å². The van der Waals surface area contributed by atoms with Gasteiger partial charge in [-0.15, -0.1) is 0 Å². The number of halogens is 3. The lowest BCUT2D eigenvalue weighted by Crippen LogP contribution is -2.40. The number of hydrogen-bond donors (Lipinski definition) is 0. The van der Waals surface area contributed by atoms with Crippen LogP contribution in [0.1, 0.15) is 68.3 Å². The molecule has 4 rings (SSSR count). The van der Waals surface area contributed by atoms with Gasteiger partial charge in [0.25, 0.3) is 5.71 Å². The Bertz CT molecular complexity index is 863. The van der Waals surface area contributed by atoms with Crippen molar-refractivity contribution in [1.29, 1.82) is 0 Å². The van der Waals surface area contributed by atoms with E-state index in [1.807, 2.05) is 4.90 Å². The molecule has 3 heterocycles. The van der Waals surface area contributed by atoms with Crippen molar-refractivity contribution in [3.63, 3.8) is 0 Å². The molecule has 2 aliphatic rings. The van der Waals surface area contributed by atoms with Crippen molar-refractivity contribution in [3.8, 4) is 0 Å². The minimum atomic E-state index is -4.50. The average molecular weight is 395 g/mol. The summed E-state index contributed by atoms with van der Waals surface area (Å²) in [6.07, 6.45) is 1.18. The second kappa shape index (κ2) is 7.37. The van der Waals surface area contributed by atoms with Crippen LogP contribution >= 0.6 is 0 Å². The highest BCUT2D eigenvalue weighted by atomic mass is 19.4. The molecule has 2 fully saturated rings. The Labute approximate surface area is 161 Å². The number of nitrogens with zero attached hydrogens (tertiary/aromatic N) is 3. The van der Waals surface area contributed by atoms with Gasteiger partial charge in [-0.1, -0.05) is 24.9 Å². The van der Waals surface area contributed by atoms with Gasteiger partial charge in [0.05, 0.1) is 16.6 Å². The summed E-state index contributed by atoms with van der Waals surface area (Å²) in [5.41, 5.74) is -0.119. The molecule has 8 heteroatoms. The van der Waals surface area contributed by atoms with E-state index < -0.39 is 11.7 Å². The first-order chi connectivity index (χ1) is 13.4. The summed E-state index contributed by atoms with van der Waals surface area (Å²) < 4.78 is 46.1. The third-order valence-electron chi connectivity index (χ3n) is 6.09. The molecule has 0 bridgehead atoms. The Balaban J connectivity index is 1.58. The minimum absolute atomic E-state index is 0.0229. The molecule has 152 valence electrons. The normalized spacial score (nSPS) is 19.6. The van der Waals surface area contributed by atoms with E-state index in [0.717, 1.165) is 31.7 Å². The summed E-state index contributed by atoms with van der Waals surface area (Å²) in [6.45, 7) is 2.86. The number of aromatic nitrogens is 2. The molecule has 1 amide bonds. The van der Waals surface area contributed by atoms with Gasteiger partial charge in [-0.05, 0) is 38.2 Å². The summed E-state index contributed by atoms with van der Waals surface area (Å²) in [5, 5.41) is 3.95. The Morgan fingerprint density at radius 2 is 1.89 bits per heavy atom. The van der Waals surface area contributed by atoms with E-state index in [0.29, 0.717) is 43.7 Å². The SMILES string of the molecule is CCc1cc(C(F)(F)F)c2c(C3CCN(C(=O)C4CCCC4)CC3)noc2n1. The number of aryl methyl sites for hydroxylation is 1. The van der Waals surface area contributed by atoms with Crippen molar-refractivity contribution in [3.05, 3.63) is 23.0 Å². The summed E-state index contributed by atoms with van der Waals surface area (Å²) >= 11 is 0. The molecule has 1 saturated carbocycles. The highest BCUT2D eigenvalue weighted by Crippen LogP contribution is 2.40. The Morgan fingerprint density at radius 1 is 1.21 bits per heavy atom. The van der Waals surface area contributed by atoms with Crippen molar-refractivity contribution < 1.29 is 22.5 Å². The highest BCUT2D eigenvalue weighted by molar-refractivity contribution is 5.82. The van der Waals surface area contributed by atoms with Crippen LogP contribution in [0.25, 0.3) is 11.1 Å². The van der Waals surface area contributed by atoms with E-state index >= 15 is 0 Å². The zero-order valence-corrected chi connectivity index (χ0v) is 15.9. The molecule has 2 aromatic rings. The number of piperidine rings is 1. The van der Waals surface area contributed by atoms with E-state index in [9.17, 15) is 18.0 Å². The molecule has 0 N–H and O–H groups in total. The molecule has 0 spiro atoms. The standard InChI is InChI=1S/C20H24F3N3O2/c1-2-14-11-15(20(21,22)23)16-17(25-28-18(16)24-14)12-7-9-26(10-8-12)19(27)13-5-3-4-6-13/h11-13H,2-10H2,1H3. The topological polar surface area (TPSA) is 59.2 Å². The third-order valence-corrected chi connectivity index (χ3v) is 6.09. The first-order valence-corrected chi connectivity index (χ1v) is 10.0. The van der Waals surface area contributed by atoms with Crippen LogP contribution in [0.4, 0.5) is 13.2 Å². The quantitative estimate of drug-likeness (QED) is 0.756. The van der Waals surface area contributed by atoms with Gasteiger partial charge in [-0.2, -0.15) is 13.2 Å². The van der Waals surface area contributed by atoms with Crippen LogP contribution in [-0.4, -0.2) is 34.0 Å². The number of amides is 1. The summed E-state index contributed by atoms with van der Waals surface area (Å²) in [7, 11) is 0. The number of carbonyl (C=O) groups is 1. The van der Waals surface area contributed by atoms with Crippen LogP contribution < -0.4 is 0 Å². The number of rotatable bonds is 3. The molecule has 1 saturated heterocycles. The van der Waals surface area contributed by atoms with Crippen molar-refractivity contribution in [2.45, 2.75) is 64.0 Å². The molecule has 5 nitrogen and oxygen atoms in total. The number of carbonyl (C=O) groups excluding carboxylic acids is 1. The molecule has 0 radical (unpaired) electrons. The van der Waals surface area contributed by atoms with Crippen molar-refractivity contribution in [2.75, 3.05) is 13.1 Å². The number of hydrogen-bond acceptors (Lipinski definition) is 4. The molecular weight excluding hydrogens is 371 g/mol. The largest absolute Gasteiger partial charge is 0.417 e. The molecule has 0 aromatic carbocycles. The Kier molecular flexibility index (Phi) is 5.05. The molecule has 1 aliphatic heterocycles.